The van der Waals surface area contributed by atoms with Crippen molar-refractivity contribution in [1.82, 2.24) is 4.98 Å². The number of aryl methyl sites for hydroxylation is 2. The largest absolute Gasteiger partial charge is 0.491 e. The average molecular weight is 356 g/mol. The molecule has 0 bridgehead atoms. The van der Waals surface area contributed by atoms with E-state index in [1.54, 1.807) is 24.3 Å². The molecule has 1 atom stereocenters. The highest BCUT2D eigenvalue weighted by Gasteiger charge is 2.13. The van der Waals surface area contributed by atoms with Crippen molar-refractivity contribution in [2.24, 2.45) is 0 Å². The highest BCUT2D eigenvalue weighted by Crippen LogP contribution is 2.24. The van der Waals surface area contributed by atoms with Crippen LogP contribution in [0.15, 0.2) is 35.4 Å². The number of thioether (sulfide) groups is 1. The number of aromatic nitrogens is 1. The van der Waals surface area contributed by atoms with Crippen LogP contribution in [0.4, 0.5) is 0 Å². The number of hydrogen-bond acceptors (Lipinski definition) is 6. The van der Waals surface area contributed by atoms with E-state index in [1.165, 1.54) is 18.7 Å². The highest BCUT2D eigenvalue weighted by atomic mass is 32.2. The summed E-state index contributed by atoms with van der Waals surface area (Å²) in [7, 11) is 0. The van der Waals surface area contributed by atoms with E-state index in [9.17, 15) is 15.2 Å². The fourth-order valence-electron chi connectivity index (χ4n) is 2.24. The molecule has 2 aromatic rings. The van der Waals surface area contributed by atoms with E-state index in [0.29, 0.717) is 27.7 Å². The zero-order valence-electron chi connectivity index (χ0n) is 14.4. The van der Waals surface area contributed by atoms with Gasteiger partial charge in [-0.25, -0.2) is 4.98 Å². The first-order chi connectivity index (χ1) is 11.9. The number of hydrogen-bond donors (Lipinski definition) is 1. The molecule has 0 spiro atoms. The number of benzene rings is 1. The third kappa shape index (κ3) is 5.31. The van der Waals surface area contributed by atoms with E-state index in [0.717, 1.165) is 11.3 Å². The van der Waals surface area contributed by atoms with Gasteiger partial charge in [0, 0.05) is 17.0 Å². The summed E-state index contributed by atoms with van der Waals surface area (Å²) in [6, 6.07) is 10.8. The quantitative estimate of drug-likeness (QED) is 0.605. The second-order valence-electron chi connectivity index (χ2n) is 5.73. The molecule has 1 N–H and O–H groups in total. The van der Waals surface area contributed by atoms with Gasteiger partial charge in [0.2, 0.25) is 0 Å². The van der Waals surface area contributed by atoms with Crippen LogP contribution >= 0.6 is 11.8 Å². The molecule has 6 heteroatoms. The Hall–Kier alpha value is -2.36. The molecule has 0 amide bonds. The summed E-state index contributed by atoms with van der Waals surface area (Å²) in [5.41, 5.74) is 2.89. The second kappa shape index (κ2) is 8.65. The van der Waals surface area contributed by atoms with Gasteiger partial charge in [-0.2, -0.15) is 5.26 Å². The van der Waals surface area contributed by atoms with Crippen molar-refractivity contribution < 1.29 is 14.6 Å². The van der Waals surface area contributed by atoms with Gasteiger partial charge in [-0.1, -0.05) is 0 Å². The van der Waals surface area contributed by atoms with Crippen LogP contribution in [0.1, 0.15) is 34.1 Å². The lowest BCUT2D eigenvalue weighted by Gasteiger charge is -2.13. The van der Waals surface area contributed by atoms with Crippen LogP contribution in [-0.2, 0) is 0 Å². The van der Waals surface area contributed by atoms with Crippen molar-refractivity contribution in [3.63, 3.8) is 0 Å². The normalized spacial score (nSPS) is 11.6. The molecule has 1 aromatic heterocycles. The first-order valence-electron chi connectivity index (χ1n) is 7.83. The van der Waals surface area contributed by atoms with Crippen LogP contribution in [0.5, 0.6) is 5.75 Å². The summed E-state index contributed by atoms with van der Waals surface area (Å²) in [5.74, 6) is 0.962. The number of aliphatic hydroxyl groups excluding tert-OH is 1. The Kier molecular flexibility index (Phi) is 6.57. The van der Waals surface area contributed by atoms with Gasteiger partial charge in [0.15, 0.2) is 5.78 Å². The van der Waals surface area contributed by atoms with Crippen molar-refractivity contribution in [2.45, 2.75) is 31.9 Å². The van der Waals surface area contributed by atoms with E-state index in [-0.39, 0.29) is 12.4 Å². The predicted molar refractivity (Wildman–Crippen MR) is 97.1 cm³/mol. The molecule has 130 valence electrons. The molecule has 1 heterocycles. The minimum absolute atomic E-state index is 0.00257. The second-order valence-corrected chi connectivity index (χ2v) is 6.74. The van der Waals surface area contributed by atoms with E-state index in [2.05, 4.69) is 11.1 Å². The SMILES string of the molecule is CC(=O)c1ccc(OC[C@H](O)CSc2nc(C)cc(C)c2C#N)cc1. The molecule has 2 rings (SSSR count). The summed E-state index contributed by atoms with van der Waals surface area (Å²) in [6.07, 6.45) is -0.702. The smallest absolute Gasteiger partial charge is 0.159 e. The summed E-state index contributed by atoms with van der Waals surface area (Å²) in [4.78, 5) is 15.6. The molecule has 0 unspecified atom stereocenters. The number of carbonyl (C=O) groups is 1. The zero-order chi connectivity index (χ0) is 18.4. The van der Waals surface area contributed by atoms with Crippen LogP contribution in [0.2, 0.25) is 0 Å². The topological polar surface area (TPSA) is 83.2 Å². The van der Waals surface area contributed by atoms with Crippen molar-refractivity contribution in [3.8, 4) is 11.8 Å². The maximum atomic E-state index is 11.2. The first-order valence-corrected chi connectivity index (χ1v) is 8.82. The summed E-state index contributed by atoms with van der Waals surface area (Å²) >= 11 is 1.34. The van der Waals surface area contributed by atoms with E-state index < -0.39 is 6.10 Å². The summed E-state index contributed by atoms with van der Waals surface area (Å²) in [5, 5.41) is 20.0. The van der Waals surface area contributed by atoms with Crippen molar-refractivity contribution in [2.75, 3.05) is 12.4 Å². The Bertz CT molecular complexity index is 798. The van der Waals surface area contributed by atoms with Crippen molar-refractivity contribution in [1.29, 1.82) is 5.26 Å². The minimum atomic E-state index is -0.702. The van der Waals surface area contributed by atoms with Gasteiger partial charge in [0.25, 0.3) is 0 Å². The number of pyridine rings is 1. The highest BCUT2D eigenvalue weighted by molar-refractivity contribution is 7.99. The molecule has 0 fully saturated rings. The van der Waals surface area contributed by atoms with Crippen LogP contribution in [-0.4, -0.2) is 34.3 Å². The standard InChI is InChI=1S/C19H20N2O3S/c1-12-8-13(2)21-19(18(12)9-20)25-11-16(23)10-24-17-6-4-15(5-7-17)14(3)22/h4-8,16,23H,10-11H2,1-3H3/t16-/m0/s1. The number of nitrogens with zero attached hydrogens (tertiary/aromatic N) is 2. The maximum absolute atomic E-state index is 11.2. The Balaban J connectivity index is 1.90. The van der Waals surface area contributed by atoms with Gasteiger partial charge in [-0.05, 0) is 56.7 Å². The van der Waals surface area contributed by atoms with Gasteiger partial charge in [0.1, 0.15) is 23.5 Å². The number of aliphatic hydroxyl groups is 1. The molecule has 1 aromatic carbocycles. The Morgan fingerprint density at radius 3 is 2.64 bits per heavy atom. The van der Waals surface area contributed by atoms with E-state index >= 15 is 0 Å². The van der Waals surface area contributed by atoms with Crippen molar-refractivity contribution >= 4 is 17.5 Å². The molecule has 0 saturated carbocycles. The van der Waals surface area contributed by atoms with Gasteiger partial charge in [0.05, 0.1) is 11.7 Å². The first kappa shape index (κ1) is 19.0. The lowest BCUT2D eigenvalue weighted by Crippen LogP contribution is -2.20. The van der Waals surface area contributed by atoms with Crippen LogP contribution in [0.3, 0.4) is 0 Å². The number of ether oxygens (including phenoxy) is 1. The molecular weight excluding hydrogens is 336 g/mol. The molecule has 0 aliphatic heterocycles. The molecule has 0 aliphatic carbocycles. The van der Waals surface area contributed by atoms with Gasteiger partial charge < -0.3 is 9.84 Å². The molecule has 5 nitrogen and oxygen atoms in total. The molecule has 0 saturated heterocycles. The third-order valence-electron chi connectivity index (χ3n) is 3.54. The van der Waals surface area contributed by atoms with Gasteiger partial charge in [-0.15, -0.1) is 11.8 Å². The Labute approximate surface area is 151 Å². The molecule has 25 heavy (non-hydrogen) atoms. The van der Waals surface area contributed by atoms with Crippen molar-refractivity contribution in [3.05, 3.63) is 52.7 Å². The van der Waals surface area contributed by atoms with E-state index in [4.69, 9.17) is 4.74 Å². The van der Waals surface area contributed by atoms with Gasteiger partial charge >= 0.3 is 0 Å². The number of carbonyl (C=O) groups excluding carboxylic acids is 1. The predicted octanol–water partition coefficient (Wildman–Crippen LogP) is 3.30. The Morgan fingerprint density at radius 1 is 1.36 bits per heavy atom. The van der Waals surface area contributed by atoms with E-state index in [1.807, 2.05) is 19.9 Å². The number of nitriles is 1. The molecule has 0 aliphatic rings. The number of ketones is 1. The number of rotatable bonds is 7. The zero-order valence-corrected chi connectivity index (χ0v) is 15.3. The Morgan fingerprint density at radius 2 is 2.04 bits per heavy atom. The molecular formula is C19H20N2O3S. The van der Waals surface area contributed by atoms with Crippen LogP contribution in [0.25, 0.3) is 0 Å². The maximum Gasteiger partial charge on any atom is 0.159 e. The monoisotopic (exact) mass is 356 g/mol. The lowest BCUT2D eigenvalue weighted by molar-refractivity contribution is 0.101. The van der Waals surface area contributed by atoms with Gasteiger partial charge in [-0.3, -0.25) is 4.79 Å². The van der Waals surface area contributed by atoms with Crippen LogP contribution < -0.4 is 4.74 Å². The van der Waals surface area contributed by atoms with Crippen LogP contribution in [0, 0.1) is 25.2 Å². The fourth-order valence-corrected chi connectivity index (χ4v) is 3.25. The molecule has 0 radical (unpaired) electrons. The third-order valence-corrected chi connectivity index (χ3v) is 4.66. The minimum Gasteiger partial charge on any atom is -0.491 e. The number of Topliss-reactive ketones (excluding diaryl/α,β-unsaturated/α-hetero) is 1. The lowest BCUT2D eigenvalue weighted by atomic mass is 10.1. The summed E-state index contributed by atoms with van der Waals surface area (Å²) < 4.78 is 5.53. The summed E-state index contributed by atoms with van der Waals surface area (Å²) in [6.45, 7) is 5.39. The fraction of sp³-hybridized carbons (Fsp3) is 0.316. The average Bonchev–Trinajstić information content (AvgIpc) is 2.58.